The summed E-state index contributed by atoms with van der Waals surface area (Å²) in [6.45, 7) is 13.1. The van der Waals surface area contributed by atoms with E-state index in [1.165, 1.54) is 6.07 Å². The molecule has 2 amide bonds. The molecule has 2 fully saturated rings. The molecule has 5 heterocycles. The first-order valence-electron chi connectivity index (χ1n) is 15.2. The molecule has 2 aromatic rings. The van der Waals surface area contributed by atoms with Crippen molar-refractivity contribution in [1.82, 2.24) is 14.7 Å². The standard InChI is InChI=1S/C31H44N6O5S/c1-30(2,3)15-8-18-42-23-14-17-36(29(23)39)25-13-12-22-27(34-25)37-20-21(19-31(37,4)5)9-7-16-32-24-10-6-11-26(33-24)43(40,41)35-28(22)38/h6,10-13,21,23H,7-9,14-20H2,1-5H3,(H,32,33)(H,35,38)/t21-,23?/m0/s1. The zero-order valence-electron chi connectivity index (χ0n) is 25.9. The van der Waals surface area contributed by atoms with Crippen LogP contribution in [0.4, 0.5) is 17.5 Å². The average molecular weight is 613 g/mol. The lowest BCUT2D eigenvalue weighted by atomic mass is 9.91. The van der Waals surface area contributed by atoms with Crippen molar-refractivity contribution >= 4 is 39.3 Å². The maximum atomic E-state index is 13.6. The summed E-state index contributed by atoms with van der Waals surface area (Å²) in [4.78, 5) is 39.8. The van der Waals surface area contributed by atoms with Gasteiger partial charge in [-0.2, -0.15) is 8.42 Å². The van der Waals surface area contributed by atoms with E-state index in [0.29, 0.717) is 56.0 Å². The van der Waals surface area contributed by atoms with Crippen LogP contribution in [0.15, 0.2) is 35.4 Å². The Bertz CT molecular complexity index is 1470. The van der Waals surface area contributed by atoms with Gasteiger partial charge >= 0.3 is 0 Å². The fourth-order valence-corrected chi connectivity index (χ4v) is 7.22. The van der Waals surface area contributed by atoms with E-state index in [-0.39, 0.29) is 27.5 Å². The van der Waals surface area contributed by atoms with Crippen molar-refractivity contribution in [3.05, 3.63) is 35.9 Å². The summed E-state index contributed by atoms with van der Waals surface area (Å²) in [5.41, 5.74) is -0.000598. The third kappa shape index (κ3) is 7.12. The minimum absolute atomic E-state index is 0.131. The molecule has 0 aliphatic carbocycles. The number of carbonyl (C=O) groups is 2. The first-order chi connectivity index (χ1) is 20.2. The van der Waals surface area contributed by atoms with Gasteiger partial charge in [-0.1, -0.05) is 26.8 Å². The lowest BCUT2D eigenvalue weighted by molar-refractivity contribution is -0.127. The fourth-order valence-electron chi connectivity index (χ4n) is 6.29. The Kier molecular flexibility index (Phi) is 8.72. The van der Waals surface area contributed by atoms with Gasteiger partial charge < -0.3 is 15.0 Å². The minimum atomic E-state index is -4.25. The molecule has 1 unspecified atom stereocenters. The fraction of sp³-hybridized carbons (Fsp3) is 0.613. The Morgan fingerprint density at radius 2 is 1.88 bits per heavy atom. The van der Waals surface area contributed by atoms with Crippen LogP contribution in [0.5, 0.6) is 0 Å². The van der Waals surface area contributed by atoms with Gasteiger partial charge in [0.15, 0.2) is 5.03 Å². The highest BCUT2D eigenvalue weighted by Crippen LogP contribution is 2.40. The highest BCUT2D eigenvalue weighted by molar-refractivity contribution is 7.90. The van der Waals surface area contributed by atoms with Gasteiger partial charge in [-0.3, -0.25) is 14.5 Å². The second kappa shape index (κ2) is 12.0. The lowest BCUT2D eigenvalue weighted by Crippen LogP contribution is -2.41. The van der Waals surface area contributed by atoms with Crippen LogP contribution in [-0.2, 0) is 19.6 Å². The van der Waals surface area contributed by atoms with Crippen LogP contribution in [0.25, 0.3) is 0 Å². The van der Waals surface area contributed by atoms with E-state index in [2.05, 4.69) is 54.5 Å². The molecule has 0 saturated carbocycles. The maximum Gasteiger partial charge on any atom is 0.281 e. The summed E-state index contributed by atoms with van der Waals surface area (Å²) in [7, 11) is -4.25. The molecule has 2 saturated heterocycles. The number of aromatic nitrogens is 2. The zero-order valence-corrected chi connectivity index (χ0v) is 26.7. The normalized spacial score (nSPS) is 23.7. The first-order valence-corrected chi connectivity index (χ1v) is 16.7. The van der Waals surface area contributed by atoms with Crippen LogP contribution >= 0.6 is 0 Å². The van der Waals surface area contributed by atoms with Gasteiger partial charge in [-0.15, -0.1) is 0 Å². The molecule has 0 aromatic carbocycles. The molecule has 3 aliphatic rings. The third-order valence-electron chi connectivity index (χ3n) is 8.46. The number of nitrogens with one attached hydrogen (secondary N) is 2. The largest absolute Gasteiger partial charge is 0.370 e. The van der Waals surface area contributed by atoms with Crippen LogP contribution < -0.4 is 19.8 Å². The maximum absolute atomic E-state index is 13.6. The number of fused-ring (bicyclic) bond motifs is 6. The van der Waals surface area contributed by atoms with Gasteiger partial charge in [-0.05, 0) is 81.5 Å². The summed E-state index contributed by atoms with van der Waals surface area (Å²) < 4.78 is 34.6. The number of rotatable bonds is 5. The molecule has 3 aliphatic heterocycles. The Hall–Kier alpha value is -3.25. The topological polar surface area (TPSA) is 134 Å². The highest BCUT2D eigenvalue weighted by atomic mass is 32.2. The summed E-state index contributed by atoms with van der Waals surface area (Å²) in [5, 5.41) is 2.96. The van der Waals surface area contributed by atoms with Crippen LogP contribution in [0.1, 0.15) is 83.5 Å². The van der Waals surface area contributed by atoms with E-state index in [1.807, 2.05) is 0 Å². The molecule has 234 valence electrons. The quantitative estimate of drug-likeness (QED) is 0.473. The van der Waals surface area contributed by atoms with Gasteiger partial charge in [0.25, 0.3) is 21.8 Å². The molecule has 11 nitrogen and oxygen atoms in total. The molecule has 43 heavy (non-hydrogen) atoms. The summed E-state index contributed by atoms with van der Waals surface area (Å²) >= 11 is 0. The second-order valence-electron chi connectivity index (χ2n) is 13.7. The summed E-state index contributed by atoms with van der Waals surface area (Å²) in [5.74, 6) is 0.647. The third-order valence-corrected chi connectivity index (χ3v) is 9.70. The van der Waals surface area contributed by atoms with Crippen molar-refractivity contribution in [1.29, 1.82) is 0 Å². The number of ether oxygens (including phenoxy) is 1. The average Bonchev–Trinajstić information content (AvgIpc) is 3.45. The number of anilines is 3. The molecule has 2 aromatic heterocycles. The van der Waals surface area contributed by atoms with Crippen molar-refractivity contribution < 1.29 is 22.7 Å². The number of hydrogen-bond acceptors (Lipinski definition) is 9. The molecular weight excluding hydrogens is 568 g/mol. The molecule has 0 spiro atoms. The predicted octanol–water partition coefficient (Wildman–Crippen LogP) is 4.35. The van der Waals surface area contributed by atoms with Crippen molar-refractivity contribution in [2.24, 2.45) is 11.3 Å². The van der Waals surface area contributed by atoms with Gasteiger partial charge in [-0.25, -0.2) is 14.7 Å². The van der Waals surface area contributed by atoms with Crippen LogP contribution in [0.2, 0.25) is 0 Å². The van der Waals surface area contributed by atoms with Gasteiger partial charge in [0, 0.05) is 38.2 Å². The van der Waals surface area contributed by atoms with Crippen molar-refractivity contribution in [3.63, 3.8) is 0 Å². The van der Waals surface area contributed by atoms with E-state index < -0.39 is 22.0 Å². The number of nitrogens with zero attached hydrogens (tertiary/aromatic N) is 4. The van der Waals surface area contributed by atoms with Gasteiger partial charge in [0.2, 0.25) is 0 Å². The Labute approximate surface area is 254 Å². The molecule has 0 radical (unpaired) electrons. The van der Waals surface area contributed by atoms with E-state index in [0.717, 1.165) is 32.1 Å². The number of hydrogen-bond donors (Lipinski definition) is 2. The lowest BCUT2D eigenvalue weighted by Gasteiger charge is -2.34. The number of sulfonamides is 1. The molecule has 2 N–H and O–H groups in total. The van der Waals surface area contributed by atoms with Crippen molar-refractivity contribution in [2.45, 2.75) is 89.8 Å². The Morgan fingerprint density at radius 1 is 1.09 bits per heavy atom. The highest BCUT2D eigenvalue weighted by Gasteiger charge is 2.42. The molecular formula is C31H44N6O5S. The van der Waals surface area contributed by atoms with Gasteiger partial charge in [0.1, 0.15) is 23.6 Å². The molecule has 12 heteroatoms. The SMILES string of the molecule is CC(C)(C)CCCOC1CCN(c2ccc3c(n2)N2C[C@@H](CCCNc4cccc(n4)S(=O)(=O)NC3=O)CC2(C)C)C1=O. The van der Waals surface area contributed by atoms with E-state index >= 15 is 0 Å². The summed E-state index contributed by atoms with van der Waals surface area (Å²) in [6.07, 6.45) is 4.63. The van der Waals surface area contributed by atoms with Gasteiger partial charge in [0.05, 0.1) is 5.56 Å². The van der Waals surface area contributed by atoms with Crippen molar-refractivity contribution in [3.8, 4) is 0 Å². The minimum Gasteiger partial charge on any atom is -0.370 e. The molecule has 5 rings (SSSR count). The van der Waals surface area contributed by atoms with Crippen LogP contribution in [0, 0.1) is 11.3 Å². The zero-order chi connectivity index (χ0) is 31.0. The Balaban J connectivity index is 1.45. The predicted molar refractivity (Wildman–Crippen MR) is 166 cm³/mol. The number of amides is 2. The number of carbonyl (C=O) groups excluding carboxylic acids is 2. The molecule has 4 bridgehead atoms. The van der Waals surface area contributed by atoms with Crippen LogP contribution in [-0.4, -0.2) is 68.1 Å². The first kappa shape index (κ1) is 31.2. The number of pyridine rings is 2. The van der Waals surface area contributed by atoms with Crippen LogP contribution in [0.3, 0.4) is 0 Å². The Morgan fingerprint density at radius 3 is 2.65 bits per heavy atom. The second-order valence-corrected chi connectivity index (χ2v) is 15.3. The van der Waals surface area contributed by atoms with E-state index in [1.54, 1.807) is 29.2 Å². The van der Waals surface area contributed by atoms with E-state index in [9.17, 15) is 18.0 Å². The van der Waals surface area contributed by atoms with E-state index in [4.69, 9.17) is 9.72 Å². The smallest absolute Gasteiger partial charge is 0.281 e. The van der Waals surface area contributed by atoms with Crippen molar-refractivity contribution in [2.75, 3.05) is 41.4 Å². The summed E-state index contributed by atoms with van der Waals surface area (Å²) in [6, 6.07) is 7.85. The monoisotopic (exact) mass is 612 g/mol. The molecule has 2 atom stereocenters.